The molecular weight excluding hydrogens is 518 g/mol. The molecule has 37 heavy (non-hydrogen) atoms. The Hall–Kier alpha value is -3.97. The number of rotatable bonds is 8. The molecule has 5 rings (SSSR count). The number of carboxylic acids is 1. The van der Waals surface area contributed by atoms with Crippen LogP contribution in [-0.2, 0) is 31.1 Å². The number of hydrogen-bond donors (Lipinski definition) is 2. The van der Waals surface area contributed by atoms with E-state index in [-0.39, 0.29) is 22.9 Å². The van der Waals surface area contributed by atoms with Crippen molar-refractivity contribution in [3.8, 4) is 11.3 Å². The van der Waals surface area contributed by atoms with Gasteiger partial charge < -0.3 is 24.2 Å². The first-order valence-electron chi connectivity index (χ1n) is 11.0. The number of nitrogens with one attached hydrogen (secondary N) is 1. The number of thioether (sulfide) groups is 2. The molecule has 1 fully saturated rings. The van der Waals surface area contributed by atoms with Gasteiger partial charge in [0.1, 0.15) is 24.8 Å². The summed E-state index contributed by atoms with van der Waals surface area (Å²) in [5, 5.41) is 16.1. The van der Waals surface area contributed by atoms with Crippen molar-refractivity contribution >= 4 is 47.5 Å². The quantitative estimate of drug-likeness (QED) is 0.251. The second kappa shape index (κ2) is 9.82. The van der Waals surface area contributed by atoms with E-state index in [9.17, 15) is 19.5 Å². The molecule has 1 unspecified atom stereocenters. The molecule has 0 saturated carbocycles. The summed E-state index contributed by atoms with van der Waals surface area (Å²) in [6.07, 6.45) is 6.11. The molecule has 2 atom stereocenters. The topological polar surface area (TPSA) is 139 Å². The summed E-state index contributed by atoms with van der Waals surface area (Å²) in [4.78, 5) is 47.6. The summed E-state index contributed by atoms with van der Waals surface area (Å²) >= 11 is 2.36. The Labute approximate surface area is 219 Å². The minimum atomic E-state index is -1.44. The van der Waals surface area contributed by atoms with Crippen molar-refractivity contribution in [3.63, 3.8) is 0 Å². The number of carbonyl (C=O) groups is 3. The lowest BCUT2D eigenvalue weighted by Gasteiger charge is -2.50. The molecule has 0 bridgehead atoms. The first kappa shape index (κ1) is 24.7. The van der Waals surface area contributed by atoms with E-state index in [2.05, 4.69) is 20.3 Å². The summed E-state index contributed by atoms with van der Waals surface area (Å²) < 4.78 is 7.57. The van der Waals surface area contributed by atoms with Crippen LogP contribution in [0.4, 0.5) is 0 Å². The highest BCUT2D eigenvalue weighted by molar-refractivity contribution is 8.06. The lowest BCUT2D eigenvalue weighted by atomic mass is 10.1. The van der Waals surface area contributed by atoms with Crippen LogP contribution in [0.1, 0.15) is 12.2 Å². The van der Waals surface area contributed by atoms with Crippen LogP contribution in [0, 0.1) is 0 Å². The molecule has 11 nitrogen and oxygen atoms in total. The fourth-order valence-electron chi connectivity index (χ4n) is 4.08. The molecular formula is C24H21N5O6S2. The maximum atomic E-state index is 12.9. The number of aromatic nitrogens is 2. The van der Waals surface area contributed by atoms with E-state index in [1.807, 2.05) is 42.1 Å². The second-order valence-corrected chi connectivity index (χ2v) is 10.6. The van der Waals surface area contributed by atoms with Crippen LogP contribution < -0.4 is 5.32 Å². The van der Waals surface area contributed by atoms with Gasteiger partial charge in [0, 0.05) is 23.7 Å². The number of carbonyl (C=O) groups excluding carboxylic acids is 2. The summed E-state index contributed by atoms with van der Waals surface area (Å²) in [6, 6.07) is 10.7. The number of furan rings is 1. The van der Waals surface area contributed by atoms with E-state index in [1.54, 1.807) is 18.5 Å². The van der Waals surface area contributed by atoms with Gasteiger partial charge in [0.05, 0.1) is 35.0 Å². The van der Waals surface area contributed by atoms with Gasteiger partial charge >= 0.3 is 5.97 Å². The van der Waals surface area contributed by atoms with Crippen molar-refractivity contribution in [1.29, 1.82) is 0 Å². The Morgan fingerprint density at radius 1 is 1.35 bits per heavy atom. The number of aliphatic carboxylic acids is 1. The van der Waals surface area contributed by atoms with E-state index in [4.69, 9.17) is 4.42 Å². The van der Waals surface area contributed by atoms with E-state index in [1.165, 1.54) is 30.0 Å². The van der Waals surface area contributed by atoms with Crippen LogP contribution in [0.15, 0.2) is 80.3 Å². The van der Waals surface area contributed by atoms with E-state index in [0.29, 0.717) is 10.7 Å². The molecule has 1 saturated heterocycles. The van der Waals surface area contributed by atoms with Gasteiger partial charge in [-0.05, 0) is 24.3 Å². The Morgan fingerprint density at radius 3 is 2.73 bits per heavy atom. The van der Waals surface area contributed by atoms with Crippen LogP contribution in [0.3, 0.4) is 0 Å². The van der Waals surface area contributed by atoms with Crippen LogP contribution in [-0.4, -0.2) is 56.0 Å². The van der Waals surface area contributed by atoms with Crippen molar-refractivity contribution in [1.82, 2.24) is 19.8 Å². The minimum Gasteiger partial charge on any atom is -0.477 e. The first-order valence-corrected chi connectivity index (χ1v) is 12.7. The lowest BCUT2D eigenvalue weighted by Crippen LogP contribution is -2.60. The number of nitrogens with zero attached hydrogens (tertiary/aromatic N) is 4. The SMILES string of the molecule is CON=CC(=O)NC1(c2ccco2)S[C@H]2CC(=O)N2C(C(=O)O)=C1Sc1ccc(-c2cn(C)cn2)cc1. The number of β-lactam (4-membered cyclic amide) rings is 1. The fourth-order valence-corrected chi connectivity index (χ4v) is 6.99. The molecule has 0 spiro atoms. The minimum absolute atomic E-state index is 0.128. The van der Waals surface area contributed by atoms with Crippen LogP contribution >= 0.6 is 23.5 Å². The third-order valence-corrected chi connectivity index (χ3v) is 8.57. The first-order chi connectivity index (χ1) is 17.8. The highest BCUT2D eigenvalue weighted by atomic mass is 32.2. The second-order valence-electron chi connectivity index (χ2n) is 8.14. The monoisotopic (exact) mass is 539 g/mol. The van der Waals surface area contributed by atoms with Crippen molar-refractivity contribution in [2.24, 2.45) is 12.2 Å². The molecule has 3 aromatic rings. The molecule has 2 aromatic heterocycles. The molecule has 1 aromatic carbocycles. The van der Waals surface area contributed by atoms with Crippen molar-refractivity contribution in [3.05, 3.63) is 71.5 Å². The van der Waals surface area contributed by atoms with Crippen LogP contribution in [0.25, 0.3) is 11.3 Å². The van der Waals surface area contributed by atoms with Crippen LogP contribution in [0.5, 0.6) is 0 Å². The van der Waals surface area contributed by atoms with Gasteiger partial charge in [0.2, 0.25) is 5.91 Å². The number of imidazole rings is 1. The molecule has 2 aliphatic heterocycles. The summed E-state index contributed by atoms with van der Waals surface area (Å²) in [5.74, 6) is -1.92. The molecule has 190 valence electrons. The highest BCUT2D eigenvalue weighted by Crippen LogP contribution is 2.58. The number of fused-ring (bicyclic) bond motifs is 1. The molecule has 2 amide bonds. The zero-order valence-electron chi connectivity index (χ0n) is 19.7. The maximum absolute atomic E-state index is 12.9. The Morgan fingerprint density at radius 2 is 2.14 bits per heavy atom. The van der Waals surface area contributed by atoms with Gasteiger partial charge in [0.25, 0.3) is 5.91 Å². The molecule has 4 heterocycles. The van der Waals surface area contributed by atoms with E-state index >= 15 is 0 Å². The van der Waals surface area contributed by atoms with Gasteiger partial charge in [-0.1, -0.05) is 40.8 Å². The summed E-state index contributed by atoms with van der Waals surface area (Å²) in [7, 11) is 3.18. The summed E-state index contributed by atoms with van der Waals surface area (Å²) in [5.41, 5.74) is 1.47. The molecule has 0 radical (unpaired) electrons. The average molecular weight is 540 g/mol. The van der Waals surface area contributed by atoms with Gasteiger partial charge in [0.15, 0.2) is 4.87 Å². The van der Waals surface area contributed by atoms with E-state index < -0.39 is 22.1 Å². The zero-order chi connectivity index (χ0) is 26.2. The third-order valence-electron chi connectivity index (χ3n) is 5.71. The maximum Gasteiger partial charge on any atom is 0.353 e. The number of benzene rings is 1. The average Bonchev–Trinajstić information content (AvgIpc) is 3.56. The van der Waals surface area contributed by atoms with E-state index in [0.717, 1.165) is 29.2 Å². The Kier molecular flexibility index (Phi) is 6.56. The predicted molar refractivity (Wildman–Crippen MR) is 136 cm³/mol. The normalized spacial score (nSPS) is 21.1. The number of hydrogen-bond acceptors (Lipinski definition) is 9. The Bertz CT molecular complexity index is 1420. The third kappa shape index (κ3) is 4.51. The number of carboxylic acid groups (broad SMARTS) is 1. The standard InChI is InChI=1S/C24H21N5O6S2/c1-28-12-16(25-13-28)14-5-7-15(8-6-14)36-22-21(23(32)33)29-19(31)10-20(29)37-24(22,17-4-3-9-35-17)27-18(30)11-26-34-2/h3-9,11-13,20H,10H2,1-2H3,(H,27,30)(H,32,33)/t20-,24?/m0/s1. The van der Waals surface area contributed by atoms with Gasteiger partial charge in [-0.3, -0.25) is 14.5 Å². The van der Waals surface area contributed by atoms with Gasteiger partial charge in [-0.2, -0.15) is 0 Å². The number of aryl methyl sites for hydroxylation is 1. The zero-order valence-corrected chi connectivity index (χ0v) is 21.3. The van der Waals surface area contributed by atoms with Crippen LogP contribution in [0.2, 0.25) is 0 Å². The smallest absolute Gasteiger partial charge is 0.353 e. The Balaban J connectivity index is 1.62. The number of amides is 2. The van der Waals surface area contributed by atoms with Crippen molar-refractivity contribution in [2.45, 2.75) is 21.6 Å². The fraction of sp³-hybridized carbons (Fsp3) is 0.208. The largest absolute Gasteiger partial charge is 0.477 e. The molecule has 2 aliphatic rings. The number of oxime groups is 1. The molecule has 13 heteroatoms. The van der Waals surface area contributed by atoms with Crippen molar-refractivity contribution in [2.75, 3.05) is 7.11 Å². The predicted octanol–water partition coefficient (Wildman–Crippen LogP) is 2.98. The van der Waals surface area contributed by atoms with Crippen molar-refractivity contribution < 1.29 is 28.7 Å². The summed E-state index contributed by atoms with van der Waals surface area (Å²) in [6.45, 7) is 0. The van der Waals surface area contributed by atoms with Gasteiger partial charge in [-0.25, -0.2) is 9.78 Å². The lowest BCUT2D eigenvalue weighted by molar-refractivity contribution is -0.146. The highest BCUT2D eigenvalue weighted by Gasteiger charge is 2.57. The molecule has 2 N–H and O–H groups in total. The molecule has 0 aliphatic carbocycles. The van der Waals surface area contributed by atoms with Gasteiger partial charge in [-0.15, -0.1) is 0 Å².